The van der Waals surface area contributed by atoms with Gasteiger partial charge in [-0.2, -0.15) is 0 Å². The molecule has 13 heavy (non-hydrogen) atoms. The molecular weight excluding hydrogens is 194 g/mol. The molecule has 0 aromatic heterocycles. The first-order chi connectivity index (χ1) is 5.97. The molecule has 74 valence electrons. The van der Waals surface area contributed by atoms with E-state index in [4.69, 9.17) is 17.3 Å². The topological polar surface area (TPSA) is 95.7 Å². The number of carboxylic acids is 1. The van der Waals surface area contributed by atoms with Crippen molar-refractivity contribution >= 4 is 29.2 Å². The van der Waals surface area contributed by atoms with Crippen LogP contribution < -0.4 is 11.1 Å². The van der Waals surface area contributed by atoms with Gasteiger partial charge in [0.2, 0.25) is 5.91 Å². The molecule has 0 radical (unpaired) electrons. The Morgan fingerprint density at radius 2 is 2.31 bits per heavy atom. The number of amides is 1. The maximum Gasteiger partial charge on any atom is 0.317 e. The fourth-order valence-electron chi connectivity index (χ4n) is 0.541. The summed E-state index contributed by atoms with van der Waals surface area (Å²) < 4.78 is 0. The zero-order valence-electron chi connectivity index (χ0n) is 7.11. The molecule has 1 saturated heterocycles. The van der Waals surface area contributed by atoms with Crippen molar-refractivity contribution < 1.29 is 14.7 Å². The van der Waals surface area contributed by atoms with Crippen molar-refractivity contribution in [3.8, 4) is 0 Å². The second-order valence-corrected chi connectivity index (χ2v) is 2.69. The van der Waals surface area contributed by atoms with Crippen molar-refractivity contribution in [1.82, 2.24) is 10.2 Å². The van der Waals surface area contributed by atoms with Gasteiger partial charge in [-0.25, -0.2) is 0 Å². The Hall–Kier alpha value is -1.21. The lowest BCUT2D eigenvalue weighted by molar-refractivity contribution is -0.135. The van der Waals surface area contributed by atoms with E-state index in [0.717, 1.165) is 0 Å². The number of nitrogens with two attached hydrogens (primary N) is 1. The van der Waals surface area contributed by atoms with Gasteiger partial charge >= 0.3 is 5.97 Å². The number of carbonyl (C=O) groups is 2. The number of carbonyl (C=O) groups excluding carboxylic acids is 1. The number of nitrogens with one attached hydrogen (secondary N) is 1. The third-order valence-electron chi connectivity index (χ3n) is 1.15. The van der Waals surface area contributed by atoms with Crippen LogP contribution in [0.25, 0.3) is 0 Å². The Morgan fingerprint density at radius 3 is 2.38 bits per heavy atom. The summed E-state index contributed by atoms with van der Waals surface area (Å²) in [7, 11) is 1.78. The summed E-state index contributed by atoms with van der Waals surface area (Å²) in [5, 5.41) is 10.6. The zero-order valence-corrected chi connectivity index (χ0v) is 7.93. The summed E-state index contributed by atoms with van der Waals surface area (Å²) in [5.74, 6) is -0.984. The van der Waals surface area contributed by atoms with Crippen molar-refractivity contribution in [2.24, 2.45) is 5.73 Å². The van der Waals surface area contributed by atoms with Crippen LogP contribution in [0.3, 0.4) is 0 Å². The lowest BCUT2D eigenvalue weighted by atomic mass is 10.6. The van der Waals surface area contributed by atoms with E-state index in [1.807, 2.05) is 0 Å². The van der Waals surface area contributed by atoms with Crippen LogP contribution in [0.2, 0.25) is 0 Å². The highest BCUT2D eigenvalue weighted by atomic mass is 32.1. The van der Waals surface area contributed by atoms with Crippen LogP contribution in [-0.4, -0.2) is 47.1 Å². The molecule has 1 fully saturated rings. The molecule has 0 aromatic carbocycles. The Balaban J connectivity index is 0.000000252. The van der Waals surface area contributed by atoms with E-state index >= 15 is 0 Å². The van der Waals surface area contributed by atoms with E-state index in [1.165, 1.54) is 0 Å². The average molecular weight is 205 g/mol. The normalized spacial score (nSPS) is 14.8. The quantitative estimate of drug-likeness (QED) is 0.444. The van der Waals surface area contributed by atoms with E-state index in [0.29, 0.717) is 11.7 Å². The molecule has 0 aromatic rings. The molecule has 1 aliphatic heterocycles. The minimum Gasteiger partial charge on any atom is -0.480 e. The number of nitrogens with zero attached hydrogens (tertiary/aromatic N) is 1. The van der Waals surface area contributed by atoms with Gasteiger partial charge in [0.25, 0.3) is 0 Å². The molecule has 0 atom stereocenters. The fraction of sp³-hybridized carbons (Fsp3) is 0.500. The van der Waals surface area contributed by atoms with Gasteiger partial charge in [0.05, 0.1) is 13.1 Å². The van der Waals surface area contributed by atoms with Crippen LogP contribution in [0.4, 0.5) is 0 Å². The Morgan fingerprint density at radius 1 is 1.85 bits per heavy atom. The third-order valence-corrected chi connectivity index (χ3v) is 1.56. The van der Waals surface area contributed by atoms with Gasteiger partial charge in [-0.3, -0.25) is 9.59 Å². The Kier molecular flexibility index (Phi) is 4.93. The predicted molar refractivity (Wildman–Crippen MR) is 50.1 cm³/mol. The summed E-state index contributed by atoms with van der Waals surface area (Å²) in [4.78, 5) is 21.4. The van der Waals surface area contributed by atoms with Crippen LogP contribution in [0, 0.1) is 0 Å². The summed E-state index contributed by atoms with van der Waals surface area (Å²) in [6, 6.07) is 0. The average Bonchev–Trinajstić information content (AvgIpc) is 2.31. The van der Waals surface area contributed by atoms with Crippen molar-refractivity contribution in [2.75, 3.05) is 20.1 Å². The van der Waals surface area contributed by atoms with Crippen LogP contribution in [0.5, 0.6) is 0 Å². The molecule has 6 nitrogen and oxygen atoms in total. The van der Waals surface area contributed by atoms with Gasteiger partial charge in [0, 0.05) is 7.05 Å². The molecule has 0 spiro atoms. The van der Waals surface area contributed by atoms with E-state index in [2.05, 4.69) is 11.1 Å². The molecular formula is C6H11N3O3S. The number of rotatable bonds is 1. The van der Waals surface area contributed by atoms with Gasteiger partial charge in [0.1, 0.15) is 0 Å². The second kappa shape index (κ2) is 5.44. The number of likely N-dealkylation sites (N-methyl/N-ethyl adjacent to an activating group) is 1. The van der Waals surface area contributed by atoms with E-state index in [1.54, 1.807) is 11.9 Å². The molecule has 4 N–H and O–H groups in total. The predicted octanol–water partition coefficient (Wildman–Crippen LogP) is -1.64. The van der Waals surface area contributed by atoms with E-state index < -0.39 is 5.97 Å². The Bertz CT molecular complexity index is 231. The molecule has 0 unspecified atom stereocenters. The number of carboxylic acid groups (broad SMARTS) is 1. The van der Waals surface area contributed by atoms with Gasteiger partial charge in [-0.05, 0) is 12.2 Å². The fourth-order valence-corrected chi connectivity index (χ4v) is 0.720. The molecule has 0 saturated carbocycles. The van der Waals surface area contributed by atoms with Crippen LogP contribution in [0.15, 0.2) is 0 Å². The third kappa shape index (κ3) is 5.10. The molecule has 0 bridgehead atoms. The zero-order chi connectivity index (χ0) is 10.4. The second-order valence-electron chi connectivity index (χ2n) is 2.31. The Labute approximate surface area is 80.7 Å². The largest absolute Gasteiger partial charge is 0.480 e. The first-order valence-electron chi connectivity index (χ1n) is 3.44. The van der Waals surface area contributed by atoms with Gasteiger partial charge in [0.15, 0.2) is 5.11 Å². The maximum atomic E-state index is 10.4. The summed E-state index contributed by atoms with van der Waals surface area (Å²) >= 11 is 4.71. The highest BCUT2D eigenvalue weighted by molar-refractivity contribution is 7.80. The molecule has 0 aliphatic carbocycles. The molecule has 1 aliphatic rings. The van der Waals surface area contributed by atoms with Gasteiger partial charge < -0.3 is 21.1 Å². The van der Waals surface area contributed by atoms with E-state index in [9.17, 15) is 9.59 Å². The van der Waals surface area contributed by atoms with Crippen LogP contribution in [0.1, 0.15) is 0 Å². The van der Waals surface area contributed by atoms with Crippen molar-refractivity contribution in [1.29, 1.82) is 0 Å². The maximum absolute atomic E-state index is 10.4. The number of hydrogen-bond donors (Lipinski definition) is 3. The summed E-state index contributed by atoms with van der Waals surface area (Å²) in [6.45, 7) is 0.124. The first-order valence-corrected chi connectivity index (χ1v) is 3.85. The van der Waals surface area contributed by atoms with Crippen molar-refractivity contribution in [2.45, 2.75) is 0 Å². The number of hydrogen-bond acceptors (Lipinski definition) is 4. The first kappa shape index (κ1) is 11.8. The van der Waals surface area contributed by atoms with Gasteiger partial charge in [-0.15, -0.1) is 0 Å². The molecule has 1 heterocycles. The monoisotopic (exact) mass is 205 g/mol. The highest BCUT2D eigenvalue weighted by Crippen LogP contribution is 1.91. The lowest BCUT2D eigenvalue weighted by Crippen LogP contribution is -2.23. The number of aliphatic carboxylic acids is 1. The minimum atomic E-state index is -0.968. The smallest absolute Gasteiger partial charge is 0.317 e. The van der Waals surface area contributed by atoms with Crippen LogP contribution in [-0.2, 0) is 9.59 Å². The molecule has 1 amide bonds. The summed E-state index contributed by atoms with van der Waals surface area (Å²) in [6.07, 6.45) is 0. The van der Waals surface area contributed by atoms with E-state index in [-0.39, 0.29) is 12.5 Å². The SMILES string of the molecule is CN1CC(=O)NC1=S.NCC(=O)O. The molecule has 1 rings (SSSR count). The van der Waals surface area contributed by atoms with Crippen molar-refractivity contribution in [3.63, 3.8) is 0 Å². The molecule has 7 heteroatoms. The standard InChI is InChI=1S/C4H6N2OS.C2H5NO2/c1-6-2-3(7)5-4(6)8;3-1-2(4)5/h2H2,1H3,(H,5,7,8);1,3H2,(H,4,5). The number of thiocarbonyl (C=S) groups is 1. The summed E-state index contributed by atoms with van der Waals surface area (Å²) in [5.41, 5.74) is 4.57. The van der Waals surface area contributed by atoms with Gasteiger partial charge in [-0.1, -0.05) is 0 Å². The minimum absolute atomic E-state index is 0.0162. The van der Waals surface area contributed by atoms with Crippen LogP contribution >= 0.6 is 12.2 Å². The van der Waals surface area contributed by atoms with Crippen molar-refractivity contribution in [3.05, 3.63) is 0 Å². The highest BCUT2D eigenvalue weighted by Gasteiger charge is 2.18. The lowest BCUT2D eigenvalue weighted by Gasteiger charge is -2.03.